The smallest absolute Gasteiger partial charge is 0.414 e. The molecule has 1 atom stereocenters. The average Bonchev–Trinajstić information content (AvgIpc) is 2.95. The molecule has 134 valence electrons. The van der Waals surface area contributed by atoms with Gasteiger partial charge in [0.05, 0.1) is 17.4 Å². The third-order valence-corrected chi connectivity index (χ3v) is 4.35. The molecule has 1 unspecified atom stereocenters. The molecule has 0 N–H and O–H groups in total. The minimum Gasteiger partial charge on any atom is -0.443 e. The lowest BCUT2D eigenvalue weighted by molar-refractivity contribution is 0.0327. The SMILES string of the molecule is CCn1ncc2cc(C3=CCC(C)CN3C(=O)OC(C)(C)C)ccc21. The summed E-state index contributed by atoms with van der Waals surface area (Å²) in [4.78, 5) is 14.5. The van der Waals surface area contributed by atoms with Crippen LogP contribution in [0.1, 0.15) is 46.6 Å². The second-order valence-electron chi connectivity index (χ2n) is 7.76. The van der Waals surface area contributed by atoms with E-state index in [-0.39, 0.29) is 6.09 Å². The Morgan fingerprint density at radius 1 is 1.36 bits per heavy atom. The Balaban J connectivity index is 1.96. The number of carbonyl (C=O) groups excluding carboxylic acids is 1. The molecule has 0 saturated carbocycles. The maximum Gasteiger partial charge on any atom is 0.414 e. The number of amides is 1. The second kappa shape index (κ2) is 6.54. The highest BCUT2D eigenvalue weighted by Crippen LogP contribution is 2.31. The van der Waals surface area contributed by atoms with Crippen molar-refractivity contribution in [3.05, 3.63) is 36.0 Å². The third-order valence-electron chi connectivity index (χ3n) is 4.35. The third kappa shape index (κ3) is 3.70. The van der Waals surface area contributed by atoms with E-state index in [0.717, 1.165) is 35.1 Å². The van der Waals surface area contributed by atoms with Gasteiger partial charge in [-0.3, -0.25) is 9.58 Å². The molecule has 3 rings (SSSR count). The maximum absolute atomic E-state index is 12.7. The fourth-order valence-electron chi connectivity index (χ4n) is 3.17. The van der Waals surface area contributed by atoms with Crippen LogP contribution < -0.4 is 0 Å². The number of rotatable bonds is 2. The van der Waals surface area contributed by atoms with Crippen LogP contribution in [0.3, 0.4) is 0 Å². The lowest BCUT2D eigenvalue weighted by Crippen LogP contribution is -2.39. The number of aromatic nitrogens is 2. The van der Waals surface area contributed by atoms with Gasteiger partial charge in [0, 0.05) is 18.5 Å². The lowest BCUT2D eigenvalue weighted by atomic mass is 9.98. The van der Waals surface area contributed by atoms with Gasteiger partial charge in [-0.1, -0.05) is 19.1 Å². The molecule has 0 bridgehead atoms. The molecular formula is C20H27N3O2. The molecule has 1 aromatic heterocycles. The van der Waals surface area contributed by atoms with Crippen molar-refractivity contribution in [3.63, 3.8) is 0 Å². The summed E-state index contributed by atoms with van der Waals surface area (Å²) in [6.45, 7) is 11.4. The summed E-state index contributed by atoms with van der Waals surface area (Å²) in [5.74, 6) is 0.419. The van der Waals surface area contributed by atoms with Crippen molar-refractivity contribution in [2.24, 2.45) is 5.92 Å². The van der Waals surface area contributed by atoms with Crippen LogP contribution in [0.5, 0.6) is 0 Å². The monoisotopic (exact) mass is 341 g/mol. The van der Waals surface area contributed by atoms with Crippen molar-refractivity contribution in [2.45, 2.75) is 53.2 Å². The number of ether oxygens (including phenoxy) is 1. The Labute approximate surface area is 149 Å². The fourth-order valence-corrected chi connectivity index (χ4v) is 3.17. The molecule has 0 aliphatic carbocycles. The molecule has 1 aliphatic heterocycles. The van der Waals surface area contributed by atoms with Crippen LogP contribution in [0.15, 0.2) is 30.5 Å². The van der Waals surface area contributed by atoms with Gasteiger partial charge < -0.3 is 4.74 Å². The molecule has 0 saturated heterocycles. The second-order valence-corrected chi connectivity index (χ2v) is 7.76. The summed E-state index contributed by atoms with van der Waals surface area (Å²) in [6.07, 6.45) is 4.70. The van der Waals surface area contributed by atoms with E-state index in [1.807, 2.05) is 31.6 Å². The molecular weight excluding hydrogens is 314 g/mol. The number of hydrogen-bond donors (Lipinski definition) is 0. The predicted molar refractivity (Wildman–Crippen MR) is 100 cm³/mol. The maximum atomic E-state index is 12.7. The first-order valence-corrected chi connectivity index (χ1v) is 8.95. The van der Waals surface area contributed by atoms with E-state index < -0.39 is 5.60 Å². The predicted octanol–water partition coefficient (Wildman–Crippen LogP) is 4.67. The van der Waals surface area contributed by atoms with Crippen molar-refractivity contribution in [2.75, 3.05) is 6.54 Å². The van der Waals surface area contributed by atoms with Crippen molar-refractivity contribution in [3.8, 4) is 0 Å². The van der Waals surface area contributed by atoms with Gasteiger partial charge in [-0.05, 0) is 57.7 Å². The van der Waals surface area contributed by atoms with E-state index in [1.165, 1.54) is 0 Å². The summed E-state index contributed by atoms with van der Waals surface area (Å²) in [5.41, 5.74) is 2.56. The van der Waals surface area contributed by atoms with E-state index in [1.54, 1.807) is 4.90 Å². The van der Waals surface area contributed by atoms with E-state index in [9.17, 15) is 4.79 Å². The Hall–Kier alpha value is -2.30. The van der Waals surface area contributed by atoms with Gasteiger partial charge in [0.15, 0.2) is 0 Å². The highest BCUT2D eigenvalue weighted by molar-refractivity contribution is 5.87. The molecule has 1 aromatic carbocycles. The van der Waals surface area contributed by atoms with Crippen LogP contribution in [0.4, 0.5) is 4.79 Å². The molecule has 1 amide bonds. The van der Waals surface area contributed by atoms with Crippen LogP contribution in [-0.4, -0.2) is 32.9 Å². The van der Waals surface area contributed by atoms with Gasteiger partial charge in [-0.2, -0.15) is 5.10 Å². The number of nitrogens with zero attached hydrogens (tertiary/aromatic N) is 3. The van der Waals surface area contributed by atoms with Gasteiger partial charge in [0.25, 0.3) is 0 Å². The van der Waals surface area contributed by atoms with Crippen LogP contribution in [0.2, 0.25) is 0 Å². The highest BCUT2D eigenvalue weighted by Gasteiger charge is 2.29. The quantitative estimate of drug-likeness (QED) is 0.797. The van der Waals surface area contributed by atoms with Gasteiger partial charge >= 0.3 is 6.09 Å². The number of benzene rings is 1. The molecule has 2 heterocycles. The van der Waals surface area contributed by atoms with Crippen molar-refractivity contribution in [1.82, 2.24) is 14.7 Å². The summed E-state index contributed by atoms with van der Waals surface area (Å²) >= 11 is 0. The summed E-state index contributed by atoms with van der Waals surface area (Å²) in [7, 11) is 0. The van der Waals surface area contributed by atoms with Crippen molar-refractivity contribution >= 4 is 22.7 Å². The molecule has 0 spiro atoms. The van der Waals surface area contributed by atoms with Crippen LogP contribution in [0, 0.1) is 5.92 Å². The van der Waals surface area contributed by atoms with Gasteiger partial charge in [-0.25, -0.2) is 4.79 Å². The summed E-state index contributed by atoms with van der Waals surface area (Å²) in [6, 6.07) is 6.25. The number of allylic oxidation sites excluding steroid dienone is 1. The first kappa shape index (κ1) is 17.5. The Bertz CT molecular complexity index is 814. The minimum atomic E-state index is -0.505. The number of aryl methyl sites for hydroxylation is 1. The Morgan fingerprint density at radius 3 is 2.80 bits per heavy atom. The zero-order chi connectivity index (χ0) is 18.2. The van der Waals surface area contributed by atoms with Crippen molar-refractivity contribution in [1.29, 1.82) is 0 Å². The van der Waals surface area contributed by atoms with E-state index in [2.05, 4.69) is 43.2 Å². The first-order valence-electron chi connectivity index (χ1n) is 8.95. The van der Waals surface area contributed by atoms with Crippen LogP contribution in [0.25, 0.3) is 16.6 Å². The normalized spacial score (nSPS) is 18.4. The van der Waals surface area contributed by atoms with Gasteiger partial charge in [-0.15, -0.1) is 0 Å². The Kier molecular flexibility index (Phi) is 4.58. The van der Waals surface area contributed by atoms with Gasteiger partial charge in [0.2, 0.25) is 0 Å². The number of hydrogen-bond acceptors (Lipinski definition) is 3. The van der Waals surface area contributed by atoms with Gasteiger partial charge in [0.1, 0.15) is 5.60 Å². The van der Waals surface area contributed by atoms with Crippen molar-refractivity contribution < 1.29 is 9.53 Å². The zero-order valence-electron chi connectivity index (χ0n) is 15.7. The van der Waals surface area contributed by atoms with E-state index >= 15 is 0 Å². The van der Waals surface area contributed by atoms with E-state index in [0.29, 0.717) is 12.5 Å². The molecule has 2 aromatic rings. The molecule has 25 heavy (non-hydrogen) atoms. The molecule has 0 radical (unpaired) electrons. The first-order chi connectivity index (χ1) is 11.8. The average molecular weight is 341 g/mol. The van der Waals surface area contributed by atoms with Crippen LogP contribution in [-0.2, 0) is 11.3 Å². The van der Waals surface area contributed by atoms with E-state index in [4.69, 9.17) is 4.74 Å². The number of fused-ring (bicyclic) bond motifs is 1. The molecule has 1 aliphatic rings. The summed E-state index contributed by atoms with van der Waals surface area (Å²) < 4.78 is 7.59. The topological polar surface area (TPSA) is 47.4 Å². The summed E-state index contributed by atoms with van der Waals surface area (Å²) in [5, 5.41) is 5.49. The Morgan fingerprint density at radius 2 is 2.12 bits per heavy atom. The molecule has 5 heteroatoms. The zero-order valence-corrected chi connectivity index (χ0v) is 15.7. The minimum absolute atomic E-state index is 0.283. The molecule has 5 nitrogen and oxygen atoms in total. The number of carbonyl (C=O) groups is 1. The molecule has 0 fully saturated rings. The van der Waals surface area contributed by atoms with Crippen LogP contribution >= 0.6 is 0 Å². The highest BCUT2D eigenvalue weighted by atomic mass is 16.6. The fraction of sp³-hybridized carbons (Fsp3) is 0.500. The lowest BCUT2D eigenvalue weighted by Gasteiger charge is -2.34. The largest absolute Gasteiger partial charge is 0.443 e. The standard InChI is InChI=1S/C20H27N3O2/c1-6-23-18-10-8-15(11-16(18)12-21-23)17-9-7-14(2)13-22(17)19(24)25-20(3,4)5/h8-12,14H,6-7,13H2,1-5H3.